The van der Waals surface area contributed by atoms with E-state index in [0.717, 1.165) is 29.6 Å². The van der Waals surface area contributed by atoms with Gasteiger partial charge in [0.05, 0.1) is 11.1 Å². The van der Waals surface area contributed by atoms with Gasteiger partial charge in [0.2, 0.25) is 0 Å². The monoisotopic (exact) mass is 326 g/mol. The molecular weight excluding hydrogens is 307 g/mol. The Morgan fingerprint density at radius 2 is 2.12 bits per heavy atom. The van der Waals surface area contributed by atoms with Crippen molar-refractivity contribution < 1.29 is 8.91 Å². The van der Waals surface area contributed by atoms with Crippen molar-refractivity contribution in [2.75, 3.05) is 7.05 Å². The molecule has 1 N–H and O–H groups in total. The molecule has 1 aliphatic carbocycles. The summed E-state index contributed by atoms with van der Waals surface area (Å²) in [6, 6.07) is 6.85. The zero-order valence-corrected chi connectivity index (χ0v) is 13.7. The summed E-state index contributed by atoms with van der Waals surface area (Å²) in [7, 11) is 1.90. The molecule has 0 radical (unpaired) electrons. The number of hydrogen-bond donors (Lipinski definition) is 1. The van der Waals surface area contributed by atoms with Gasteiger partial charge in [0.15, 0.2) is 5.82 Å². The third kappa shape index (κ3) is 2.89. The molecule has 6 heteroatoms. The average molecular weight is 326 g/mol. The van der Waals surface area contributed by atoms with E-state index in [1.807, 2.05) is 13.1 Å². The van der Waals surface area contributed by atoms with Gasteiger partial charge in [-0.3, -0.25) is 4.98 Å². The highest BCUT2D eigenvalue weighted by molar-refractivity contribution is 5.92. The van der Waals surface area contributed by atoms with E-state index >= 15 is 0 Å². The first-order valence-corrected chi connectivity index (χ1v) is 8.24. The topological polar surface area (TPSA) is 63.8 Å². The molecule has 1 aromatic carbocycles. The van der Waals surface area contributed by atoms with Crippen LogP contribution in [0.3, 0.4) is 0 Å². The average Bonchev–Trinajstić information content (AvgIpc) is 3.34. The van der Waals surface area contributed by atoms with Gasteiger partial charge >= 0.3 is 0 Å². The Labute approximate surface area is 139 Å². The molecule has 4 rings (SSSR count). The van der Waals surface area contributed by atoms with Crippen molar-refractivity contribution in [3.05, 3.63) is 41.6 Å². The zero-order valence-electron chi connectivity index (χ0n) is 13.7. The number of nitrogens with one attached hydrogen (secondary N) is 1. The fraction of sp³-hybridized carbons (Fsp3) is 0.389. The summed E-state index contributed by atoms with van der Waals surface area (Å²) >= 11 is 0. The summed E-state index contributed by atoms with van der Waals surface area (Å²) in [5.41, 5.74) is 2.55. The van der Waals surface area contributed by atoms with Gasteiger partial charge in [0.25, 0.3) is 5.89 Å². The molecular formula is C18H19FN4O. The third-order valence-electron chi connectivity index (χ3n) is 4.47. The molecule has 0 amide bonds. The Balaban J connectivity index is 1.81. The predicted molar refractivity (Wildman–Crippen MR) is 89.2 cm³/mol. The molecule has 24 heavy (non-hydrogen) atoms. The van der Waals surface area contributed by atoms with Crippen LogP contribution in [0.25, 0.3) is 22.4 Å². The smallest absolute Gasteiger partial charge is 0.258 e. The van der Waals surface area contributed by atoms with Crippen molar-refractivity contribution in [2.24, 2.45) is 0 Å². The minimum absolute atomic E-state index is 0.254. The van der Waals surface area contributed by atoms with Crippen LogP contribution in [0.4, 0.5) is 4.39 Å². The van der Waals surface area contributed by atoms with Crippen LogP contribution in [0.15, 0.2) is 28.8 Å². The number of halogens is 1. The summed E-state index contributed by atoms with van der Waals surface area (Å²) in [5, 5.41) is 7.92. The molecule has 1 atom stereocenters. The van der Waals surface area contributed by atoms with Gasteiger partial charge in [-0.2, -0.15) is 4.98 Å². The number of pyridine rings is 1. The van der Waals surface area contributed by atoms with Crippen molar-refractivity contribution in [2.45, 2.75) is 38.1 Å². The van der Waals surface area contributed by atoms with Crippen LogP contribution in [-0.2, 0) is 6.42 Å². The minimum atomic E-state index is -0.298. The van der Waals surface area contributed by atoms with Gasteiger partial charge in [-0.15, -0.1) is 0 Å². The van der Waals surface area contributed by atoms with Gasteiger partial charge in [0, 0.05) is 29.5 Å². The number of hydrogen-bond acceptors (Lipinski definition) is 5. The van der Waals surface area contributed by atoms with Crippen LogP contribution < -0.4 is 5.32 Å². The molecule has 1 saturated carbocycles. The first-order valence-electron chi connectivity index (χ1n) is 8.24. The van der Waals surface area contributed by atoms with Gasteiger partial charge in [-0.25, -0.2) is 4.39 Å². The van der Waals surface area contributed by atoms with E-state index in [1.165, 1.54) is 12.1 Å². The number of rotatable bonds is 5. The van der Waals surface area contributed by atoms with E-state index in [9.17, 15) is 4.39 Å². The Kier molecular flexibility index (Phi) is 3.76. The first kappa shape index (κ1) is 15.2. The normalized spacial score (nSPS) is 15.8. The van der Waals surface area contributed by atoms with Crippen molar-refractivity contribution in [3.63, 3.8) is 0 Å². The highest BCUT2D eigenvalue weighted by Gasteiger charge is 2.27. The number of likely N-dealkylation sites (N-methyl/N-ethyl adjacent to an activating group) is 1. The van der Waals surface area contributed by atoms with Crippen molar-refractivity contribution >= 4 is 10.9 Å². The molecule has 1 aliphatic rings. The fourth-order valence-electron chi connectivity index (χ4n) is 2.81. The molecule has 0 aliphatic heterocycles. The van der Waals surface area contributed by atoms with Gasteiger partial charge in [-0.1, -0.05) is 5.16 Å². The fourth-order valence-corrected chi connectivity index (χ4v) is 2.81. The van der Waals surface area contributed by atoms with Crippen LogP contribution >= 0.6 is 0 Å². The van der Waals surface area contributed by atoms with Crippen molar-refractivity contribution in [1.29, 1.82) is 0 Å². The zero-order chi connectivity index (χ0) is 16.7. The van der Waals surface area contributed by atoms with E-state index in [2.05, 4.69) is 27.4 Å². The van der Waals surface area contributed by atoms with E-state index in [4.69, 9.17) is 4.52 Å². The van der Waals surface area contributed by atoms with Crippen LogP contribution in [-0.4, -0.2) is 28.2 Å². The molecule has 1 unspecified atom stereocenters. The lowest BCUT2D eigenvalue weighted by atomic mass is 10.1. The number of nitrogens with zero attached hydrogens (tertiary/aromatic N) is 3. The van der Waals surface area contributed by atoms with E-state index in [-0.39, 0.29) is 11.9 Å². The Morgan fingerprint density at radius 1 is 1.29 bits per heavy atom. The highest BCUT2D eigenvalue weighted by atomic mass is 19.1. The minimum Gasteiger partial charge on any atom is -0.334 e. The van der Waals surface area contributed by atoms with Crippen molar-refractivity contribution in [1.82, 2.24) is 20.4 Å². The molecule has 5 nitrogen and oxygen atoms in total. The maximum absolute atomic E-state index is 13.7. The maximum Gasteiger partial charge on any atom is 0.258 e. The number of aromatic nitrogens is 3. The second-order valence-corrected chi connectivity index (χ2v) is 6.44. The molecule has 2 aromatic heterocycles. The Morgan fingerprint density at radius 3 is 2.88 bits per heavy atom. The molecule has 0 saturated heterocycles. The molecule has 3 aromatic rings. The SMILES string of the molecule is CNC(C)Cc1noc(-c2cc(C3CC3)nc3ccc(F)cc23)n1. The quantitative estimate of drug-likeness (QED) is 0.778. The lowest BCUT2D eigenvalue weighted by Gasteiger charge is -2.07. The van der Waals surface area contributed by atoms with E-state index in [1.54, 1.807) is 6.07 Å². The number of benzene rings is 1. The maximum atomic E-state index is 13.7. The number of fused-ring (bicyclic) bond motifs is 1. The summed E-state index contributed by atoms with van der Waals surface area (Å²) in [6.45, 7) is 2.05. The highest BCUT2D eigenvalue weighted by Crippen LogP contribution is 2.41. The summed E-state index contributed by atoms with van der Waals surface area (Å²) < 4.78 is 19.2. The van der Waals surface area contributed by atoms with Crippen LogP contribution in [0.2, 0.25) is 0 Å². The lowest BCUT2D eigenvalue weighted by molar-refractivity contribution is 0.418. The molecule has 124 valence electrons. The molecule has 0 bridgehead atoms. The summed E-state index contributed by atoms with van der Waals surface area (Å²) in [5.74, 6) is 1.26. The van der Waals surface area contributed by atoms with Crippen molar-refractivity contribution in [3.8, 4) is 11.5 Å². The largest absolute Gasteiger partial charge is 0.334 e. The predicted octanol–water partition coefficient (Wildman–Crippen LogP) is 3.45. The summed E-state index contributed by atoms with van der Waals surface area (Å²) in [6.07, 6.45) is 2.97. The molecule has 0 spiro atoms. The third-order valence-corrected chi connectivity index (χ3v) is 4.47. The standard InChI is InChI=1S/C18H19FN4O/c1-10(20-2)7-17-22-18(24-23-17)14-9-16(11-3-4-11)21-15-6-5-12(19)8-13(14)15/h5-6,8-11,20H,3-4,7H2,1-2H3. The lowest BCUT2D eigenvalue weighted by Crippen LogP contribution is -2.24. The molecule has 1 fully saturated rings. The van der Waals surface area contributed by atoms with E-state index < -0.39 is 0 Å². The van der Waals surface area contributed by atoms with Crippen LogP contribution in [0.5, 0.6) is 0 Å². The Bertz CT molecular complexity index is 888. The second-order valence-electron chi connectivity index (χ2n) is 6.44. The Hall–Kier alpha value is -2.34. The first-order chi connectivity index (χ1) is 11.6. The van der Waals surface area contributed by atoms with Crippen LogP contribution in [0, 0.1) is 5.82 Å². The molecule has 2 heterocycles. The van der Waals surface area contributed by atoms with Gasteiger partial charge in [-0.05, 0) is 51.1 Å². The van der Waals surface area contributed by atoms with Gasteiger partial charge < -0.3 is 9.84 Å². The van der Waals surface area contributed by atoms with Crippen LogP contribution in [0.1, 0.15) is 37.2 Å². The van der Waals surface area contributed by atoms with Gasteiger partial charge in [0.1, 0.15) is 5.82 Å². The summed E-state index contributed by atoms with van der Waals surface area (Å²) in [4.78, 5) is 9.17. The second kappa shape index (κ2) is 5.94. The van der Waals surface area contributed by atoms with E-state index in [0.29, 0.717) is 29.4 Å².